The molecule has 0 amide bonds. The van der Waals surface area contributed by atoms with E-state index in [-0.39, 0.29) is 135 Å². The molecule has 21 heteroatoms. The summed E-state index contributed by atoms with van der Waals surface area (Å²) in [5.74, 6) is -2.08. The van der Waals surface area contributed by atoms with Crippen molar-refractivity contribution in [2.45, 2.75) is 0 Å². The van der Waals surface area contributed by atoms with Crippen molar-refractivity contribution in [2.75, 3.05) is 106 Å². The normalized spacial score (nSPS) is 10.8. The maximum absolute atomic E-state index is 12.8. The third-order valence-electron chi connectivity index (χ3n) is 13.6. The number of rotatable bonds is 40. The Morgan fingerprint density at radius 1 is 0.234 bits per heavy atom. The third-order valence-corrected chi connectivity index (χ3v) is 13.6. The number of carbonyl (C=O) groups excluding carboxylic acids is 8. The first kappa shape index (κ1) is 71.9. The van der Waals surface area contributed by atoms with Crippen LogP contribution in [0, 0.1) is 5.41 Å². The van der Waals surface area contributed by atoms with Crippen molar-refractivity contribution in [3.8, 4) is 23.0 Å². The zero-order valence-corrected chi connectivity index (χ0v) is 54.2. The summed E-state index contributed by atoms with van der Waals surface area (Å²) < 4.78 is 68.3. The number of hydrogen-bond donors (Lipinski definition) is 0. The number of ketones is 4. The number of benzene rings is 8. The molecule has 0 saturated heterocycles. The number of esters is 4. The van der Waals surface area contributed by atoms with Gasteiger partial charge in [0, 0.05) is 77.2 Å². The summed E-state index contributed by atoms with van der Waals surface area (Å²) in [4.78, 5) is 103. The second kappa shape index (κ2) is 39.1. The van der Waals surface area contributed by atoms with Gasteiger partial charge in [-0.25, -0.2) is 19.2 Å². The molecule has 0 heterocycles. The summed E-state index contributed by atoms with van der Waals surface area (Å²) in [5, 5.41) is 0. The van der Waals surface area contributed by atoms with E-state index in [2.05, 4.69) is 0 Å². The van der Waals surface area contributed by atoms with Crippen molar-refractivity contribution in [1.82, 2.24) is 0 Å². The van der Waals surface area contributed by atoms with Crippen LogP contribution in [0.3, 0.4) is 0 Å². The molecule has 0 aliphatic heterocycles. The van der Waals surface area contributed by atoms with Gasteiger partial charge in [0.1, 0.15) is 49.4 Å². The first-order valence-electron chi connectivity index (χ1n) is 29.6. The molecule has 0 bridgehead atoms. The van der Waals surface area contributed by atoms with Crippen LogP contribution in [0.25, 0.3) is 0 Å². The summed E-state index contributed by atoms with van der Waals surface area (Å²) >= 11 is 0. The summed E-state index contributed by atoms with van der Waals surface area (Å²) in [6.07, 6.45) is 0. The van der Waals surface area contributed by atoms with Gasteiger partial charge in [0.25, 0.3) is 0 Å². The molecule has 0 unspecified atom stereocenters. The second-order valence-electron chi connectivity index (χ2n) is 20.6. The molecular weight excluding hydrogens is 1290 g/mol. The standard InChI is InChI=1S/C73H68O20.Y/c74-65(45-90-61-29-21-57(22-30-61)69(78)53-13-5-1-6-14-53)86-41-37-82-49-73(50-83-38-42-87-66(75)46-91-62-31-23-58(24-32-62)70(79)54-15-7-2-8-16-54,51-84-39-43-88-67(76)47-92-63-33-25-59(26-34-63)71(80)55-17-9-3-10-18-55)52-85-40-44-89-68(77)48-93-64-35-27-60(28-36-64)72(81)56-19-11-4-12-20-56;/h1-36H,37-52H2;. The van der Waals surface area contributed by atoms with Crippen LogP contribution in [0.15, 0.2) is 218 Å². The van der Waals surface area contributed by atoms with E-state index in [0.717, 1.165) is 0 Å². The Morgan fingerprint density at radius 2 is 0.415 bits per heavy atom. The van der Waals surface area contributed by atoms with Gasteiger partial charge < -0.3 is 56.8 Å². The van der Waals surface area contributed by atoms with Crippen molar-refractivity contribution in [1.29, 1.82) is 0 Å². The molecule has 0 spiro atoms. The van der Waals surface area contributed by atoms with Crippen LogP contribution >= 0.6 is 0 Å². The smallest absolute Gasteiger partial charge is 0.344 e. The Labute approximate surface area is 568 Å². The predicted octanol–water partition coefficient (Wildman–Crippen LogP) is 9.45. The third kappa shape index (κ3) is 24.2. The van der Waals surface area contributed by atoms with Gasteiger partial charge in [0.15, 0.2) is 49.6 Å². The molecule has 8 rings (SSSR count). The number of ether oxygens (including phenoxy) is 12. The topological polar surface area (TPSA) is 247 Å². The van der Waals surface area contributed by atoms with Gasteiger partial charge in [-0.05, 0) is 97.1 Å². The molecule has 0 aliphatic carbocycles. The maximum atomic E-state index is 12.8. The zero-order chi connectivity index (χ0) is 65.3. The molecule has 1 radical (unpaired) electrons. The molecular formula is C73H68O20Y. The van der Waals surface area contributed by atoms with Gasteiger partial charge in [-0.15, -0.1) is 0 Å². The molecule has 0 saturated carbocycles. The Morgan fingerprint density at radius 3 is 0.606 bits per heavy atom. The van der Waals surface area contributed by atoms with Crippen LogP contribution in [-0.2, 0) is 89.8 Å². The summed E-state index contributed by atoms with van der Waals surface area (Å²) in [7, 11) is 0. The molecule has 20 nitrogen and oxygen atoms in total. The minimum absolute atomic E-state index is 0. The summed E-state index contributed by atoms with van der Waals surface area (Å²) in [5.41, 5.74) is 2.75. The van der Waals surface area contributed by atoms with E-state index in [1.165, 1.54) is 0 Å². The molecule has 8 aromatic rings. The Hall–Kier alpha value is -9.54. The first-order chi connectivity index (χ1) is 45.4. The minimum Gasteiger partial charge on any atom is -0.482 e. The minimum atomic E-state index is -1.16. The van der Waals surface area contributed by atoms with Gasteiger partial charge in [0.05, 0.1) is 58.3 Å². The molecule has 483 valence electrons. The van der Waals surface area contributed by atoms with Gasteiger partial charge in [-0.3, -0.25) is 19.2 Å². The molecule has 0 aliphatic rings. The molecule has 0 N–H and O–H groups in total. The first-order valence-corrected chi connectivity index (χ1v) is 29.6. The fourth-order valence-electron chi connectivity index (χ4n) is 8.83. The molecule has 8 aromatic carbocycles. The summed E-state index contributed by atoms with van der Waals surface area (Å²) in [6, 6.07) is 60.6. The Bertz CT molecular complexity index is 3180. The van der Waals surface area contributed by atoms with Crippen LogP contribution in [0.4, 0.5) is 0 Å². The van der Waals surface area contributed by atoms with E-state index in [4.69, 9.17) is 56.8 Å². The van der Waals surface area contributed by atoms with Crippen molar-refractivity contribution in [3.63, 3.8) is 0 Å². The molecule has 0 fully saturated rings. The van der Waals surface area contributed by atoms with Gasteiger partial charge in [0.2, 0.25) is 0 Å². The van der Waals surface area contributed by atoms with E-state index in [1.54, 1.807) is 194 Å². The van der Waals surface area contributed by atoms with Crippen molar-refractivity contribution < 1.29 is 128 Å². The van der Waals surface area contributed by atoms with Crippen LogP contribution < -0.4 is 18.9 Å². The van der Waals surface area contributed by atoms with Gasteiger partial charge in [-0.1, -0.05) is 121 Å². The zero-order valence-electron chi connectivity index (χ0n) is 51.3. The van der Waals surface area contributed by atoms with Crippen molar-refractivity contribution in [2.24, 2.45) is 5.41 Å². The Balaban J connectivity index is 0.0000125. The van der Waals surface area contributed by atoms with Gasteiger partial charge >= 0.3 is 23.9 Å². The van der Waals surface area contributed by atoms with Crippen LogP contribution in [0.2, 0.25) is 0 Å². The predicted molar refractivity (Wildman–Crippen MR) is 337 cm³/mol. The van der Waals surface area contributed by atoms with Crippen LogP contribution in [0.1, 0.15) is 63.7 Å². The quantitative estimate of drug-likeness (QED) is 0.0150. The van der Waals surface area contributed by atoms with E-state index in [9.17, 15) is 38.4 Å². The van der Waals surface area contributed by atoms with Gasteiger partial charge in [-0.2, -0.15) is 0 Å². The maximum Gasteiger partial charge on any atom is 0.344 e. The number of carbonyl (C=O) groups is 8. The van der Waals surface area contributed by atoms with E-state index < -0.39 is 55.7 Å². The van der Waals surface area contributed by atoms with Crippen molar-refractivity contribution in [3.05, 3.63) is 263 Å². The average molecular weight is 1350 g/mol. The molecule has 0 atom stereocenters. The fraction of sp³-hybridized carbons (Fsp3) is 0.233. The van der Waals surface area contributed by atoms with E-state index in [0.29, 0.717) is 67.5 Å². The van der Waals surface area contributed by atoms with E-state index >= 15 is 0 Å². The fourth-order valence-corrected chi connectivity index (χ4v) is 8.83. The summed E-state index contributed by atoms with van der Waals surface area (Å²) in [6.45, 7) is -3.49. The second-order valence-corrected chi connectivity index (χ2v) is 20.6. The SMILES string of the molecule is O=C(COc1ccc(C(=O)c2ccccc2)cc1)OCCOCC(COCCOC(=O)COc1ccc(C(=O)c2ccccc2)cc1)(COCCOC(=O)COc1ccc(C(=O)c2ccccc2)cc1)COCCOC(=O)COc1ccc(C(=O)c2ccccc2)cc1.[Y]. The van der Waals surface area contributed by atoms with Crippen LogP contribution in [-0.4, -0.2) is 153 Å². The Kier molecular flexibility index (Phi) is 29.9. The van der Waals surface area contributed by atoms with Crippen molar-refractivity contribution >= 4 is 47.0 Å². The van der Waals surface area contributed by atoms with E-state index in [1.807, 2.05) is 24.3 Å². The number of hydrogen-bond acceptors (Lipinski definition) is 20. The monoisotopic (exact) mass is 1350 g/mol. The molecule has 94 heavy (non-hydrogen) atoms. The average Bonchev–Trinajstić information content (AvgIpc) is 1.21. The van der Waals surface area contributed by atoms with Crippen LogP contribution in [0.5, 0.6) is 23.0 Å². The largest absolute Gasteiger partial charge is 0.482 e. The molecule has 0 aromatic heterocycles.